The molecule has 0 fully saturated rings. The number of hydrogen-bond acceptors (Lipinski definition) is 4. The Hall–Kier alpha value is -2.66. The number of phenols is 1. The van der Waals surface area contributed by atoms with Crippen molar-refractivity contribution in [1.82, 2.24) is 5.43 Å². The highest BCUT2D eigenvalue weighted by molar-refractivity contribution is 5.75. The first-order valence-corrected chi connectivity index (χ1v) is 14.1. The Morgan fingerprint density at radius 2 is 1.13 bits per heavy atom. The fraction of sp³-hybridized carbons (Fsp3) is 0.588. The largest absolute Gasteiger partial charge is 0.507 e. The van der Waals surface area contributed by atoms with Gasteiger partial charge in [0.2, 0.25) is 5.91 Å². The molecule has 0 saturated heterocycles. The van der Waals surface area contributed by atoms with Gasteiger partial charge in [0.25, 0.3) is 0 Å². The lowest BCUT2D eigenvalue weighted by Gasteiger charge is -2.28. The van der Waals surface area contributed by atoms with Crippen molar-refractivity contribution in [2.75, 3.05) is 0 Å². The third-order valence-corrected chi connectivity index (χ3v) is 6.86. The maximum absolute atomic E-state index is 11.3. The maximum atomic E-state index is 11.3. The molecule has 2 aromatic rings. The molecule has 0 aromatic heterocycles. The highest BCUT2D eigenvalue weighted by Crippen LogP contribution is 2.40. The van der Waals surface area contributed by atoms with Crippen LogP contribution < -0.4 is 11.3 Å². The quantitative estimate of drug-likeness (QED) is 0.155. The van der Waals surface area contributed by atoms with Crippen LogP contribution in [0.4, 0.5) is 0 Å². The van der Waals surface area contributed by atoms with E-state index in [-0.39, 0.29) is 27.6 Å². The van der Waals surface area contributed by atoms with E-state index in [0.717, 1.165) is 29.4 Å². The molecule has 218 valence electrons. The molecular weight excluding hydrogens is 484 g/mol. The third kappa shape index (κ3) is 10.8. The van der Waals surface area contributed by atoms with E-state index < -0.39 is 0 Å². The molecule has 0 radical (unpaired) electrons. The van der Waals surface area contributed by atoms with Gasteiger partial charge in [0.05, 0.1) is 0 Å². The van der Waals surface area contributed by atoms with Gasteiger partial charge in [0.15, 0.2) is 0 Å². The molecule has 4 N–H and O–H groups in total. The molecule has 0 aliphatic heterocycles. The zero-order valence-corrected chi connectivity index (χ0v) is 26.6. The third-order valence-electron chi connectivity index (χ3n) is 6.86. The van der Waals surface area contributed by atoms with E-state index in [1.54, 1.807) is 0 Å². The molecule has 2 rings (SSSR count). The second-order valence-corrected chi connectivity index (χ2v) is 14.7. The Kier molecular flexibility index (Phi) is 11.6. The molecule has 0 bridgehead atoms. The summed E-state index contributed by atoms with van der Waals surface area (Å²) in [6.45, 7) is 25.9. The minimum atomic E-state index is -0.183. The molecule has 0 heterocycles. The van der Waals surface area contributed by atoms with Gasteiger partial charge in [-0.25, -0.2) is 5.84 Å². The van der Waals surface area contributed by atoms with Crippen LogP contribution in [0, 0.1) is 0 Å². The van der Waals surface area contributed by atoms with E-state index in [1.165, 1.54) is 16.7 Å². The Morgan fingerprint density at radius 1 is 0.718 bits per heavy atom. The normalized spacial score (nSPS) is 12.4. The van der Waals surface area contributed by atoms with Crippen LogP contribution in [-0.2, 0) is 44.1 Å². The Labute approximate surface area is 238 Å². The fourth-order valence-corrected chi connectivity index (χ4v) is 4.24. The average Bonchev–Trinajstić information content (AvgIpc) is 2.79. The fourth-order valence-electron chi connectivity index (χ4n) is 4.24. The maximum Gasteiger partial charge on any atom is 0.234 e. The minimum absolute atomic E-state index is 0.150. The predicted octanol–water partition coefficient (Wildman–Crippen LogP) is 7.32. The number of aldehydes is 1. The van der Waals surface area contributed by atoms with Gasteiger partial charge in [-0.05, 0) is 67.9 Å². The molecule has 0 aliphatic carbocycles. The molecular formula is C34H54N2O3. The van der Waals surface area contributed by atoms with Crippen LogP contribution in [0.25, 0.3) is 0 Å². The zero-order valence-electron chi connectivity index (χ0n) is 26.6. The number of nitrogens with two attached hydrogens (primary N) is 1. The van der Waals surface area contributed by atoms with Gasteiger partial charge in [-0.3, -0.25) is 10.2 Å². The molecule has 0 aliphatic rings. The van der Waals surface area contributed by atoms with Crippen molar-refractivity contribution in [1.29, 1.82) is 0 Å². The van der Waals surface area contributed by atoms with E-state index in [0.29, 0.717) is 25.0 Å². The summed E-state index contributed by atoms with van der Waals surface area (Å²) >= 11 is 0. The lowest BCUT2D eigenvalue weighted by molar-refractivity contribution is -0.121. The molecule has 0 spiro atoms. The number of benzene rings is 2. The molecule has 39 heavy (non-hydrogen) atoms. The smallest absolute Gasteiger partial charge is 0.234 e. The summed E-state index contributed by atoms with van der Waals surface area (Å²) in [7, 11) is 0. The second-order valence-electron chi connectivity index (χ2n) is 14.7. The number of phenolic OH excluding ortho intramolecular Hbond substituents is 1. The summed E-state index contributed by atoms with van der Waals surface area (Å²) < 4.78 is 0. The minimum Gasteiger partial charge on any atom is -0.507 e. The number of carbonyl (C=O) groups excluding carboxylic acids is 2. The summed E-state index contributed by atoms with van der Waals surface area (Å²) in [5, 5.41) is 10.6. The molecule has 5 heteroatoms. The van der Waals surface area contributed by atoms with Gasteiger partial charge < -0.3 is 9.90 Å². The van der Waals surface area contributed by atoms with E-state index in [4.69, 9.17) is 5.84 Å². The van der Waals surface area contributed by atoms with Crippen molar-refractivity contribution in [3.8, 4) is 5.75 Å². The van der Waals surface area contributed by atoms with Crippen LogP contribution >= 0.6 is 0 Å². The van der Waals surface area contributed by atoms with Crippen LogP contribution in [0.15, 0.2) is 30.3 Å². The molecule has 0 atom stereocenters. The van der Waals surface area contributed by atoms with E-state index in [1.807, 2.05) is 12.1 Å². The number of aromatic hydroxyl groups is 1. The Bertz CT molecular complexity index is 1050. The van der Waals surface area contributed by atoms with Gasteiger partial charge in [0.1, 0.15) is 12.0 Å². The number of nitrogens with one attached hydrogen (secondary N) is 1. The van der Waals surface area contributed by atoms with Crippen molar-refractivity contribution < 1.29 is 14.7 Å². The van der Waals surface area contributed by atoms with Gasteiger partial charge in [-0.15, -0.1) is 0 Å². The highest BCUT2D eigenvalue weighted by atomic mass is 16.3. The highest BCUT2D eigenvalue weighted by Gasteiger charge is 2.26. The van der Waals surface area contributed by atoms with Crippen LogP contribution in [0.2, 0.25) is 0 Å². The van der Waals surface area contributed by atoms with Crippen LogP contribution in [0.3, 0.4) is 0 Å². The lowest BCUT2D eigenvalue weighted by atomic mass is 9.78. The summed E-state index contributed by atoms with van der Waals surface area (Å²) in [5.41, 5.74) is 9.00. The summed E-state index contributed by atoms with van der Waals surface area (Å²) in [5.74, 6) is 5.30. The zero-order chi connectivity index (χ0) is 30.4. The number of amides is 1. The van der Waals surface area contributed by atoms with Gasteiger partial charge >= 0.3 is 0 Å². The van der Waals surface area contributed by atoms with E-state index in [2.05, 4.69) is 107 Å². The first-order valence-electron chi connectivity index (χ1n) is 14.1. The summed E-state index contributed by atoms with van der Waals surface area (Å²) in [6.07, 6.45) is 3.40. The summed E-state index contributed by atoms with van der Waals surface area (Å²) in [4.78, 5) is 21.9. The Balaban J connectivity index is 0.000000395. The molecule has 0 saturated carbocycles. The number of hydrazine groups is 1. The molecule has 1 amide bonds. The van der Waals surface area contributed by atoms with Crippen molar-refractivity contribution in [2.24, 2.45) is 5.84 Å². The SMILES string of the molecule is CC(C)(C)c1cc(CCC(=O)NN)cc(C(C)(C)C)c1O.CC(C)(C)c1cc(CCC=O)cc(C(C)(C)C)c1. The standard InChI is InChI=1S/C17H28N2O2.C17H26O/c1-16(2,3)12-9-11(7-8-14(20)19-18)10-13(15(12)21)17(4,5)6;1-16(2,3)14-10-13(8-7-9-18)11-15(12-14)17(4,5)6/h9-10,21H,7-8,18H2,1-6H3,(H,19,20);9-12H,7-8H2,1-6H3. The molecule has 5 nitrogen and oxygen atoms in total. The first-order chi connectivity index (χ1) is 17.6. The number of carbonyl (C=O) groups is 2. The van der Waals surface area contributed by atoms with Crippen LogP contribution in [0.1, 0.15) is 129 Å². The van der Waals surface area contributed by atoms with Crippen molar-refractivity contribution in [3.05, 3.63) is 63.7 Å². The number of hydrogen-bond donors (Lipinski definition) is 3. The number of aryl methyl sites for hydroxylation is 2. The van der Waals surface area contributed by atoms with Gasteiger partial charge in [0, 0.05) is 12.8 Å². The number of rotatable bonds is 6. The van der Waals surface area contributed by atoms with Crippen molar-refractivity contribution in [2.45, 2.75) is 130 Å². The summed E-state index contributed by atoms with van der Waals surface area (Å²) in [6, 6.07) is 10.8. The monoisotopic (exact) mass is 538 g/mol. The average molecular weight is 539 g/mol. The Morgan fingerprint density at radius 3 is 1.46 bits per heavy atom. The molecule has 2 aromatic carbocycles. The van der Waals surface area contributed by atoms with Crippen LogP contribution in [-0.4, -0.2) is 17.3 Å². The van der Waals surface area contributed by atoms with Crippen molar-refractivity contribution >= 4 is 12.2 Å². The van der Waals surface area contributed by atoms with E-state index in [9.17, 15) is 14.7 Å². The predicted molar refractivity (Wildman–Crippen MR) is 164 cm³/mol. The second kappa shape index (κ2) is 13.1. The lowest BCUT2D eigenvalue weighted by Crippen LogP contribution is -2.30. The van der Waals surface area contributed by atoms with Crippen molar-refractivity contribution in [3.63, 3.8) is 0 Å². The van der Waals surface area contributed by atoms with E-state index >= 15 is 0 Å². The van der Waals surface area contributed by atoms with Gasteiger partial charge in [-0.2, -0.15) is 0 Å². The van der Waals surface area contributed by atoms with Crippen LogP contribution in [0.5, 0.6) is 5.75 Å². The topological polar surface area (TPSA) is 92.4 Å². The molecule has 0 unspecified atom stereocenters. The first kappa shape index (κ1) is 34.4. The van der Waals surface area contributed by atoms with Gasteiger partial charge in [-0.1, -0.05) is 113 Å².